The average Bonchev–Trinajstić information content (AvgIpc) is 1.61. The molecule has 2 heteroatoms. The second-order valence-electron chi connectivity index (χ2n) is 1.05. The average molecular weight is 336 g/mol. The van der Waals surface area contributed by atoms with Gasteiger partial charge in [-0.25, -0.2) is 0 Å². The molecule has 0 saturated carbocycles. The first kappa shape index (κ1) is 7.16. The van der Waals surface area contributed by atoms with E-state index in [1.54, 1.807) is 0 Å². The van der Waals surface area contributed by atoms with Crippen LogP contribution in [0.3, 0.4) is 0 Å². The third kappa shape index (κ3) is 5.16. The van der Waals surface area contributed by atoms with Crippen molar-refractivity contribution >= 4 is 11.9 Å². The van der Waals surface area contributed by atoms with Crippen molar-refractivity contribution in [1.29, 1.82) is 0 Å². The molecule has 0 rings (SSSR count). The van der Waals surface area contributed by atoms with E-state index in [-0.39, 0.29) is 0 Å². The molecule has 0 N–H and O–H groups in total. The van der Waals surface area contributed by atoms with E-state index in [9.17, 15) is 0 Å². The maximum absolute atomic E-state index is 3.52. The molecule has 0 radical (unpaired) electrons. The first-order valence-corrected chi connectivity index (χ1v) is 17.9. The monoisotopic (exact) mass is 336 g/mol. The summed E-state index contributed by atoms with van der Waals surface area (Å²) >= 11 is 3.08. The van der Waals surface area contributed by atoms with Crippen LogP contribution in [-0.4, -0.2) is 0 Å². The minimum absolute atomic E-state index is 0.443. The summed E-state index contributed by atoms with van der Waals surface area (Å²) in [6.07, 6.45) is 4.34. The normalized spacial score (nSPS) is 9.00. The molecule has 0 bridgehead atoms. The Labute approximate surface area is 56.7 Å². The zero-order valence-corrected chi connectivity index (χ0v) is 11.0. The number of allylic oxidation sites excluding steroid dienone is 2. The van der Waals surface area contributed by atoms with Gasteiger partial charge in [-0.3, -0.25) is 0 Å². The Hall–Kier alpha value is 1.16. The van der Waals surface area contributed by atoms with Crippen molar-refractivity contribution in [2.45, 2.75) is 10.9 Å². The first-order chi connectivity index (χ1) is 2.91. The Morgan fingerprint density at radius 3 is 2.67 bits per heavy atom. The fourth-order valence-corrected chi connectivity index (χ4v) is 4.33. The predicted molar refractivity (Wildman–Crippen MR) is 28.5 cm³/mol. The van der Waals surface area contributed by atoms with Crippen LogP contribution >= 0.6 is 11.9 Å². The zero-order valence-electron chi connectivity index (χ0n) is 3.95. The van der Waals surface area contributed by atoms with E-state index in [1.807, 2.05) is 0 Å². The first-order valence-electron chi connectivity index (χ1n) is 2.09. The van der Waals surface area contributed by atoms with Gasteiger partial charge in [0, 0.05) is 0 Å². The van der Waals surface area contributed by atoms with Crippen LogP contribution in [0.2, 0.25) is 3.93 Å². The Morgan fingerprint density at radius 1 is 1.83 bits per heavy atom. The molecule has 0 spiro atoms. The van der Waals surface area contributed by atoms with Gasteiger partial charge in [-0.2, -0.15) is 0 Å². The summed E-state index contributed by atoms with van der Waals surface area (Å²) in [5, 5.41) is 0. The van der Waals surface area contributed by atoms with Crippen molar-refractivity contribution in [3.63, 3.8) is 0 Å². The molecular weight excluding hydrogens is 329 g/mol. The van der Waals surface area contributed by atoms with E-state index in [2.05, 4.69) is 31.0 Å². The van der Waals surface area contributed by atoms with Crippen LogP contribution in [0.25, 0.3) is 0 Å². The minimum atomic E-state index is -0.443. The molecule has 0 aromatic carbocycles. The van der Waals surface area contributed by atoms with Crippen LogP contribution in [0, 0.1) is 0 Å². The summed E-state index contributed by atoms with van der Waals surface area (Å²) in [4.78, 5) is 0. The van der Waals surface area contributed by atoms with Crippen molar-refractivity contribution in [2.24, 2.45) is 0 Å². The topological polar surface area (TPSA) is 0 Å². The van der Waals surface area contributed by atoms with Gasteiger partial charge in [0.25, 0.3) is 0 Å². The van der Waals surface area contributed by atoms with E-state index in [1.165, 1.54) is 3.93 Å². The van der Waals surface area contributed by atoms with Crippen molar-refractivity contribution < 1.29 is 22.1 Å². The molecule has 0 aliphatic rings. The summed E-state index contributed by atoms with van der Waals surface area (Å²) in [5.41, 5.74) is 0. The van der Waals surface area contributed by atoms with Crippen molar-refractivity contribution in [3.8, 4) is 0 Å². The fourth-order valence-electron chi connectivity index (χ4n) is 0.230. The molecule has 0 aromatic heterocycles. The van der Waals surface area contributed by atoms with Gasteiger partial charge in [0.2, 0.25) is 0 Å². The van der Waals surface area contributed by atoms with Crippen LogP contribution in [0.5, 0.6) is 0 Å². The van der Waals surface area contributed by atoms with Gasteiger partial charge < -0.3 is 0 Å². The number of hydrogen-bond donors (Lipinski definition) is 0. The van der Waals surface area contributed by atoms with Gasteiger partial charge in [-0.1, -0.05) is 0 Å². The molecule has 0 amide bonds. The SMILES string of the molecule is CC=C[CH2][Hg][Br]. The van der Waals surface area contributed by atoms with E-state index >= 15 is 0 Å². The number of hydrogen-bond acceptors (Lipinski definition) is 0. The van der Waals surface area contributed by atoms with Crippen molar-refractivity contribution in [3.05, 3.63) is 12.2 Å². The molecule has 0 unspecified atom stereocenters. The second-order valence-corrected chi connectivity index (χ2v) is 11.7. The summed E-state index contributed by atoms with van der Waals surface area (Å²) in [5.74, 6) is 0. The Balaban J connectivity index is 2.66. The standard InChI is InChI=1S/C4H7.BrH.Hg/c1-3-4-2;;/h3-4H,1H2,2H3;1H;/q;;+1/p-1. The Bertz CT molecular complexity index is 42.8. The molecule has 0 fully saturated rings. The molecule has 0 aromatic rings. The van der Waals surface area contributed by atoms with Crippen molar-refractivity contribution in [2.75, 3.05) is 0 Å². The third-order valence-corrected chi connectivity index (χ3v) is 6.67. The maximum atomic E-state index is 3.52. The summed E-state index contributed by atoms with van der Waals surface area (Å²) in [6, 6.07) is 0. The molecule has 0 aliphatic carbocycles. The van der Waals surface area contributed by atoms with Crippen LogP contribution in [0.15, 0.2) is 12.2 Å². The molecule has 0 atom stereocenters. The molecular formula is C4H7BrHg. The Kier molecular flexibility index (Phi) is 7.34. The van der Waals surface area contributed by atoms with Crippen molar-refractivity contribution in [1.82, 2.24) is 0 Å². The van der Waals surface area contributed by atoms with E-state index in [0.29, 0.717) is 0 Å². The van der Waals surface area contributed by atoms with Gasteiger partial charge in [0.1, 0.15) is 0 Å². The summed E-state index contributed by atoms with van der Waals surface area (Å²) in [6.45, 7) is 2.07. The van der Waals surface area contributed by atoms with Gasteiger partial charge in [-0.05, 0) is 0 Å². The van der Waals surface area contributed by atoms with E-state index in [4.69, 9.17) is 0 Å². The second kappa shape index (κ2) is 6.16. The zero-order chi connectivity index (χ0) is 4.83. The summed E-state index contributed by atoms with van der Waals surface area (Å²) in [7, 11) is 0. The predicted octanol–water partition coefficient (Wildman–Crippen LogP) is 2.37. The molecule has 0 saturated heterocycles. The van der Waals surface area contributed by atoms with Gasteiger partial charge in [0.15, 0.2) is 0 Å². The quantitative estimate of drug-likeness (QED) is 0.537. The summed E-state index contributed by atoms with van der Waals surface area (Å²) < 4.78 is 1.37. The van der Waals surface area contributed by atoms with Crippen LogP contribution in [0.4, 0.5) is 0 Å². The Morgan fingerprint density at radius 2 is 2.50 bits per heavy atom. The number of halogens is 1. The molecule has 0 heterocycles. The van der Waals surface area contributed by atoms with Gasteiger partial charge in [0.05, 0.1) is 0 Å². The molecule has 6 heavy (non-hydrogen) atoms. The molecule has 0 aliphatic heterocycles. The van der Waals surface area contributed by atoms with E-state index in [0.717, 1.165) is 0 Å². The van der Waals surface area contributed by atoms with Crippen LogP contribution < -0.4 is 0 Å². The fraction of sp³-hybridized carbons (Fsp3) is 0.500. The van der Waals surface area contributed by atoms with Crippen LogP contribution in [0.1, 0.15) is 6.92 Å². The molecule has 32 valence electrons. The van der Waals surface area contributed by atoms with Gasteiger partial charge >= 0.3 is 57.1 Å². The number of rotatable bonds is 2. The van der Waals surface area contributed by atoms with Gasteiger partial charge in [-0.15, -0.1) is 0 Å². The third-order valence-electron chi connectivity index (χ3n) is 0.511. The van der Waals surface area contributed by atoms with Crippen LogP contribution in [-0.2, 0) is 22.1 Å². The van der Waals surface area contributed by atoms with E-state index < -0.39 is 22.1 Å². The molecule has 0 nitrogen and oxygen atoms in total.